The van der Waals surface area contributed by atoms with Crippen molar-refractivity contribution in [3.05, 3.63) is 0 Å². The van der Waals surface area contributed by atoms with Gasteiger partial charge in [-0.1, -0.05) is 6.92 Å². The summed E-state index contributed by atoms with van der Waals surface area (Å²) >= 11 is 0. The minimum atomic E-state index is 0.860. The molecule has 0 aromatic heterocycles. The molecule has 0 aromatic rings. The largest absolute Gasteiger partial charge is 0.314 e. The summed E-state index contributed by atoms with van der Waals surface area (Å²) in [6, 6.07) is 0.860. The van der Waals surface area contributed by atoms with E-state index < -0.39 is 0 Å². The van der Waals surface area contributed by atoms with Crippen LogP contribution in [0.25, 0.3) is 0 Å². The van der Waals surface area contributed by atoms with Gasteiger partial charge in [-0.25, -0.2) is 0 Å². The molecule has 0 amide bonds. The summed E-state index contributed by atoms with van der Waals surface area (Å²) in [5.74, 6) is 0.977. The summed E-state index contributed by atoms with van der Waals surface area (Å²) in [6.45, 7) is 7.54. The number of piperidine rings is 1. The first-order chi connectivity index (χ1) is 6.90. The van der Waals surface area contributed by atoms with E-state index >= 15 is 0 Å². The molecule has 82 valence electrons. The highest BCUT2D eigenvalue weighted by Gasteiger charge is 2.27. The fourth-order valence-electron chi connectivity index (χ4n) is 3.01. The molecule has 1 N–H and O–H groups in total. The van der Waals surface area contributed by atoms with Gasteiger partial charge in [0.2, 0.25) is 0 Å². The number of rotatable bonds is 3. The number of hydrogen-bond donors (Lipinski definition) is 1. The van der Waals surface area contributed by atoms with Gasteiger partial charge in [0.15, 0.2) is 0 Å². The lowest BCUT2D eigenvalue weighted by Crippen LogP contribution is -2.41. The quantitative estimate of drug-likeness (QED) is 0.741. The molecule has 2 aliphatic rings. The van der Waals surface area contributed by atoms with Crippen LogP contribution in [-0.2, 0) is 0 Å². The van der Waals surface area contributed by atoms with Crippen molar-refractivity contribution in [2.24, 2.45) is 5.92 Å². The molecule has 2 aliphatic heterocycles. The lowest BCUT2D eigenvalue weighted by atomic mass is 9.88. The Kier molecular flexibility index (Phi) is 3.82. The number of nitrogens with zero attached hydrogens (tertiary/aromatic N) is 1. The summed E-state index contributed by atoms with van der Waals surface area (Å²) < 4.78 is 0. The van der Waals surface area contributed by atoms with Crippen LogP contribution in [-0.4, -0.2) is 37.1 Å². The third-order valence-electron chi connectivity index (χ3n) is 3.84. The molecule has 2 heterocycles. The Labute approximate surface area is 88.1 Å². The van der Waals surface area contributed by atoms with Crippen molar-refractivity contribution >= 4 is 0 Å². The zero-order valence-corrected chi connectivity index (χ0v) is 9.47. The first-order valence-corrected chi connectivity index (χ1v) is 6.36. The molecule has 1 unspecified atom stereocenters. The molecule has 2 rings (SSSR count). The van der Waals surface area contributed by atoms with Crippen LogP contribution in [0.2, 0.25) is 0 Å². The highest BCUT2D eigenvalue weighted by molar-refractivity contribution is 4.85. The number of nitrogens with one attached hydrogen (secondary N) is 1. The van der Waals surface area contributed by atoms with Gasteiger partial charge in [-0.15, -0.1) is 0 Å². The third kappa shape index (κ3) is 2.48. The van der Waals surface area contributed by atoms with E-state index in [1.807, 2.05) is 0 Å². The van der Waals surface area contributed by atoms with E-state index in [0.717, 1.165) is 12.0 Å². The van der Waals surface area contributed by atoms with Crippen LogP contribution in [0.15, 0.2) is 0 Å². The fraction of sp³-hybridized carbons (Fsp3) is 1.00. The van der Waals surface area contributed by atoms with Crippen molar-refractivity contribution < 1.29 is 0 Å². The standard InChI is InChI=1S/C12H24N2/c1-2-8-14-9-5-11(6-10-14)12-4-3-7-13-12/h11-13H,2-10H2,1H3. The second kappa shape index (κ2) is 5.13. The predicted molar refractivity (Wildman–Crippen MR) is 60.5 cm³/mol. The lowest BCUT2D eigenvalue weighted by molar-refractivity contribution is 0.164. The smallest absolute Gasteiger partial charge is 0.00967 e. The van der Waals surface area contributed by atoms with Crippen LogP contribution >= 0.6 is 0 Å². The molecule has 2 fully saturated rings. The van der Waals surface area contributed by atoms with E-state index in [1.54, 1.807) is 0 Å². The zero-order valence-electron chi connectivity index (χ0n) is 9.47. The maximum atomic E-state index is 3.65. The van der Waals surface area contributed by atoms with E-state index in [9.17, 15) is 0 Å². The number of hydrogen-bond acceptors (Lipinski definition) is 2. The first-order valence-electron chi connectivity index (χ1n) is 6.36. The topological polar surface area (TPSA) is 15.3 Å². The predicted octanol–water partition coefficient (Wildman–Crippen LogP) is 1.86. The van der Waals surface area contributed by atoms with Crippen LogP contribution in [0, 0.1) is 5.92 Å². The van der Waals surface area contributed by atoms with Crippen molar-refractivity contribution in [2.45, 2.75) is 45.1 Å². The van der Waals surface area contributed by atoms with E-state index in [-0.39, 0.29) is 0 Å². The van der Waals surface area contributed by atoms with Crippen LogP contribution in [0.3, 0.4) is 0 Å². The minimum Gasteiger partial charge on any atom is -0.314 e. The van der Waals surface area contributed by atoms with Gasteiger partial charge >= 0.3 is 0 Å². The van der Waals surface area contributed by atoms with E-state index in [0.29, 0.717) is 0 Å². The molecule has 0 radical (unpaired) electrons. The van der Waals surface area contributed by atoms with Crippen molar-refractivity contribution in [3.8, 4) is 0 Å². The second-order valence-electron chi connectivity index (χ2n) is 4.88. The average molecular weight is 196 g/mol. The third-order valence-corrected chi connectivity index (χ3v) is 3.84. The maximum Gasteiger partial charge on any atom is 0.00967 e. The van der Waals surface area contributed by atoms with Gasteiger partial charge in [-0.3, -0.25) is 0 Å². The lowest BCUT2D eigenvalue weighted by Gasteiger charge is -2.34. The van der Waals surface area contributed by atoms with Gasteiger partial charge in [0.05, 0.1) is 0 Å². The summed E-state index contributed by atoms with van der Waals surface area (Å²) in [6.07, 6.45) is 7.00. The Hall–Kier alpha value is -0.0800. The van der Waals surface area contributed by atoms with Crippen molar-refractivity contribution in [1.82, 2.24) is 10.2 Å². The average Bonchev–Trinajstić information content (AvgIpc) is 2.72. The summed E-state index contributed by atoms with van der Waals surface area (Å²) in [5, 5.41) is 3.65. The molecule has 1 atom stereocenters. The SMILES string of the molecule is CCCN1CCC(C2CCCN2)CC1. The molecule has 0 saturated carbocycles. The molecule has 14 heavy (non-hydrogen) atoms. The van der Waals surface area contributed by atoms with Gasteiger partial charge in [0.25, 0.3) is 0 Å². The van der Waals surface area contributed by atoms with Crippen LogP contribution in [0.5, 0.6) is 0 Å². The van der Waals surface area contributed by atoms with Gasteiger partial charge in [-0.2, -0.15) is 0 Å². The maximum absolute atomic E-state index is 3.65. The molecule has 0 aromatic carbocycles. The molecule has 0 aliphatic carbocycles. The molecule has 0 spiro atoms. The summed E-state index contributed by atoms with van der Waals surface area (Å²) in [7, 11) is 0. The first kappa shape index (κ1) is 10.4. The van der Waals surface area contributed by atoms with Crippen molar-refractivity contribution in [2.75, 3.05) is 26.2 Å². The fourth-order valence-corrected chi connectivity index (χ4v) is 3.01. The van der Waals surface area contributed by atoms with Gasteiger partial charge in [0, 0.05) is 6.04 Å². The van der Waals surface area contributed by atoms with E-state index in [4.69, 9.17) is 0 Å². The highest BCUT2D eigenvalue weighted by atomic mass is 15.1. The Morgan fingerprint density at radius 1 is 1.21 bits per heavy atom. The summed E-state index contributed by atoms with van der Waals surface area (Å²) in [4.78, 5) is 2.63. The second-order valence-corrected chi connectivity index (χ2v) is 4.88. The Bertz CT molecular complexity index is 156. The molecular weight excluding hydrogens is 172 g/mol. The molecule has 2 nitrogen and oxygen atoms in total. The molecular formula is C12H24N2. The number of likely N-dealkylation sites (tertiary alicyclic amines) is 1. The zero-order chi connectivity index (χ0) is 9.80. The molecule has 0 bridgehead atoms. The van der Waals surface area contributed by atoms with Crippen molar-refractivity contribution in [1.29, 1.82) is 0 Å². The summed E-state index contributed by atoms with van der Waals surface area (Å²) in [5.41, 5.74) is 0. The Morgan fingerprint density at radius 2 is 2.00 bits per heavy atom. The minimum absolute atomic E-state index is 0.860. The van der Waals surface area contributed by atoms with Gasteiger partial charge in [0.1, 0.15) is 0 Å². The monoisotopic (exact) mass is 196 g/mol. The molecule has 2 heteroatoms. The molecule has 2 saturated heterocycles. The highest BCUT2D eigenvalue weighted by Crippen LogP contribution is 2.25. The van der Waals surface area contributed by atoms with E-state index in [1.165, 1.54) is 58.3 Å². The van der Waals surface area contributed by atoms with Gasteiger partial charge < -0.3 is 10.2 Å². The Morgan fingerprint density at radius 3 is 2.57 bits per heavy atom. The van der Waals surface area contributed by atoms with E-state index in [2.05, 4.69) is 17.1 Å². The van der Waals surface area contributed by atoms with Gasteiger partial charge in [-0.05, 0) is 64.2 Å². The van der Waals surface area contributed by atoms with Crippen molar-refractivity contribution in [3.63, 3.8) is 0 Å². The normalized spacial score (nSPS) is 31.1. The van der Waals surface area contributed by atoms with Crippen LogP contribution < -0.4 is 5.32 Å². The van der Waals surface area contributed by atoms with Crippen LogP contribution in [0.1, 0.15) is 39.0 Å². The Balaban J connectivity index is 1.72. The van der Waals surface area contributed by atoms with Crippen LogP contribution in [0.4, 0.5) is 0 Å².